The molecule has 0 radical (unpaired) electrons. The van der Waals surface area contributed by atoms with Crippen LogP contribution in [0.5, 0.6) is 0 Å². The average molecular weight is 570 g/mol. The Labute approximate surface area is 223 Å². The highest BCUT2D eigenvalue weighted by Gasteiger charge is 2.58. The first kappa shape index (κ1) is 27.8. The number of ether oxygens (including phenoxy) is 1. The molecule has 1 saturated carbocycles. The van der Waals surface area contributed by atoms with Gasteiger partial charge in [-0.3, -0.25) is 9.59 Å². The Morgan fingerprint density at radius 2 is 1.76 bits per heavy atom. The lowest BCUT2D eigenvalue weighted by atomic mass is 10.1. The van der Waals surface area contributed by atoms with Gasteiger partial charge in [-0.2, -0.15) is 0 Å². The lowest BCUT2D eigenvalue weighted by Gasteiger charge is -2.27. The SMILES string of the molecule is CC(C)(C)OC(=O)N[C@H]1CS(=O)(=O)c2ccc(C(=O)N[C@@H]3CC3(F)F)cc2N(Cc2ccc(Cl)cc2)C1=O. The number of nitrogens with one attached hydrogen (secondary N) is 2. The number of halogens is 3. The number of carbonyl (C=O) groups is 3. The Bertz CT molecular complexity index is 1390. The summed E-state index contributed by atoms with van der Waals surface area (Å²) >= 11 is 5.96. The van der Waals surface area contributed by atoms with E-state index in [2.05, 4.69) is 10.6 Å². The van der Waals surface area contributed by atoms with Crippen molar-refractivity contribution in [3.8, 4) is 0 Å². The van der Waals surface area contributed by atoms with E-state index >= 15 is 0 Å². The van der Waals surface area contributed by atoms with Crippen molar-refractivity contribution in [2.24, 2.45) is 0 Å². The average Bonchev–Trinajstić information content (AvgIpc) is 3.42. The number of alkyl halides is 2. The fraction of sp³-hybridized carbons (Fsp3) is 0.400. The van der Waals surface area contributed by atoms with Crippen LogP contribution < -0.4 is 15.5 Å². The van der Waals surface area contributed by atoms with Crippen molar-refractivity contribution in [2.45, 2.75) is 62.2 Å². The second-order valence-corrected chi connectivity index (χ2v) is 12.6. The molecule has 3 amide bonds. The molecule has 0 aromatic heterocycles. The maximum Gasteiger partial charge on any atom is 0.408 e. The molecule has 1 heterocycles. The zero-order valence-electron chi connectivity index (χ0n) is 20.8. The standard InChI is InChI=1S/C25H26ClF2N3O6S/c1-24(2,3)37-23(34)29-17-13-38(35,36)19-9-6-15(21(32)30-20-11-25(20,27)28)10-18(19)31(22(17)33)12-14-4-7-16(26)8-5-14/h4-10,17,20H,11-13H2,1-3H3,(H,29,34)(H,30,32)/t17-,20+/m0/s1. The molecule has 9 nitrogen and oxygen atoms in total. The van der Waals surface area contributed by atoms with E-state index in [1.807, 2.05) is 0 Å². The molecule has 204 valence electrons. The summed E-state index contributed by atoms with van der Waals surface area (Å²) in [5.74, 6) is -5.35. The van der Waals surface area contributed by atoms with Gasteiger partial charge in [-0.25, -0.2) is 22.0 Å². The van der Waals surface area contributed by atoms with E-state index in [9.17, 15) is 31.6 Å². The highest BCUT2D eigenvalue weighted by atomic mass is 35.5. The second-order valence-electron chi connectivity index (χ2n) is 10.2. The van der Waals surface area contributed by atoms with Gasteiger partial charge in [0.05, 0.1) is 28.9 Å². The third-order valence-corrected chi connectivity index (χ3v) is 7.91. The molecule has 2 aromatic carbocycles. The van der Waals surface area contributed by atoms with Crippen molar-refractivity contribution in [1.29, 1.82) is 0 Å². The smallest absolute Gasteiger partial charge is 0.408 e. The zero-order valence-corrected chi connectivity index (χ0v) is 22.3. The molecular formula is C25H26ClF2N3O6S. The summed E-state index contributed by atoms with van der Waals surface area (Å²) in [6, 6.07) is 7.16. The monoisotopic (exact) mass is 569 g/mol. The van der Waals surface area contributed by atoms with Gasteiger partial charge in [-0.1, -0.05) is 23.7 Å². The Balaban J connectivity index is 1.74. The van der Waals surface area contributed by atoms with E-state index in [4.69, 9.17) is 16.3 Å². The number of hydrogen-bond donors (Lipinski definition) is 2. The largest absolute Gasteiger partial charge is 0.444 e. The van der Waals surface area contributed by atoms with Crippen molar-refractivity contribution < 1.29 is 36.3 Å². The Morgan fingerprint density at radius 1 is 1.13 bits per heavy atom. The van der Waals surface area contributed by atoms with Gasteiger partial charge in [0, 0.05) is 17.0 Å². The van der Waals surface area contributed by atoms with E-state index in [1.165, 1.54) is 12.1 Å². The van der Waals surface area contributed by atoms with Crippen molar-refractivity contribution in [3.63, 3.8) is 0 Å². The molecule has 0 saturated heterocycles. The third-order valence-electron chi connectivity index (χ3n) is 5.87. The minimum Gasteiger partial charge on any atom is -0.444 e. The molecule has 2 N–H and O–H groups in total. The Hall–Kier alpha value is -3.25. The highest BCUT2D eigenvalue weighted by molar-refractivity contribution is 7.91. The number of sulfone groups is 1. The molecule has 1 aliphatic carbocycles. The summed E-state index contributed by atoms with van der Waals surface area (Å²) < 4.78 is 58.5. The van der Waals surface area contributed by atoms with E-state index in [1.54, 1.807) is 45.0 Å². The van der Waals surface area contributed by atoms with Crippen molar-refractivity contribution in [3.05, 3.63) is 58.6 Å². The third kappa shape index (κ3) is 6.24. The van der Waals surface area contributed by atoms with Crippen LogP contribution in [-0.2, 0) is 25.9 Å². The summed E-state index contributed by atoms with van der Waals surface area (Å²) in [6.07, 6.45) is -1.47. The lowest BCUT2D eigenvalue weighted by molar-refractivity contribution is -0.120. The molecule has 2 atom stereocenters. The molecule has 0 unspecified atom stereocenters. The number of fused-ring (bicyclic) bond motifs is 1. The fourth-order valence-electron chi connectivity index (χ4n) is 3.92. The number of anilines is 1. The number of nitrogens with zero attached hydrogens (tertiary/aromatic N) is 1. The van der Waals surface area contributed by atoms with Crippen LogP contribution in [0.4, 0.5) is 19.3 Å². The Kier molecular flexibility index (Phi) is 7.17. The molecule has 2 aromatic rings. The summed E-state index contributed by atoms with van der Waals surface area (Å²) in [6.45, 7) is 4.72. The maximum atomic E-state index is 13.7. The number of benzene rings is 2. The molecule has 38 heavy (non-hydrogen) atoms. The maximum absolute atomic E-state index is 13.7. The summed E-state index contributed by atoms with van der Waals surface area (Å²) in [5, 5.41) is 5.00. The molecular weight excluding hydrogens is 544 g/mol. The lowest BCUT2D eigenvalue weighted by Crippen LogP contribution is -2.51. The number of hydrogen-bond acceptors (Lipinski definition) is 6. The predicted octanol–water partition coefficient (Wildman–Crippen LogP) is 3.69. The van der Waals surface area contributed by atoms with Crippen molar-refractivity contribution in [1.82, 2.24) is 10.6 Å². The van der Waals surface area contributed by atoms with Gasteiger partial charge < -0.3 is 20.3 Å². The predicted molar refractivity (Wildman–Crippen MR) is 135 cm³/mol. The van der Waals surface area contributed by atoms with Crippen LogP contribution in [0.3, 0.4) is 0 Å². The normalized spacial score (nSPS) is 21.6. The van der Waals surface area contributed by atoms with Crippen molar-refractivity contribution >= 4 is 45.0 Å². The van der Waals surface area contributed by atoms with Gasteiger partial charge in [0.25, 0.3) is 17.7 Å². The van der Waals surface area contributed by atoms with Crippen LogP contribution in [0, 0.1) is 0 Å². The molecule has 2 aliphatic rings. The van der Waals surface area contributed by atoms with Gasteiger partial charge >= 0.3 is 6.09 Å². The summed E-state index contributed by atoms with van der Waals surface area (Å²) in [4.78, 5) is 39.7. The van der Waals surface area contributed by atoms with Gasteiger partial charge in [-0.15, -0.1) is 0 Å². The van der Waals surface area contributed by atoms with Gasteiger partial charge in [0.1, 0.15) is 11.6 Å². The van der Waals surface area contributed by atoms with Crippen LogP contribution in [0.1, 0.15) is 43.1 Å². The van der Waals surface area contributed by atoms with Crippen LogP contribution >= 0.6 is 11.6 Å². The van der Waals surface area contributed by atoms with Gasteiger partial charge in [0.15, 0.2) is 9.84 Å². The number of carbonyl (C=O) groups excluding carboxylic acids is 3. The summed E-state index contributed by atoms with van der Waals surface area (Å²) in [5.41, 5.74) is -0.539. The van der Waals surface area contributed by atoms with E-state index in [0.717, 1.165) is 11.0 Å². The number of rotatable bonds is 5. The summed E-state index contributed by atoms with van der Waals surface area (Å²) in [7, 11) is -4.16. The van der Waals surface area contributed by atoms with Crippen LogP contribution in [0.2, 0.25) is 5.02 Å². The van der Waals surface area contributed by atoms with Gasteiger partial charge in [0.2, 0.25) is 0 Å². The number of amides is 3. The van der Waals surface area contributed by atoms with Crippen LogP contribution in [0.25, 0.3) is 0 Å². The number of alkyl carbamates (subject to hydrolysis) is 1. The molecule has 1 aliphatic heterocycles. The molecule has 4 rings (SSSR count). The molecule has 0 bridgehead atoms. The molecule has 13 heteroatoms. The topological polar surface area (TPSA) is 122 Å². The first-order chi connectivity index (χ1) is 17.6. The quantitative estimate of drug-likeness (QED) is 0.566. The zero-order chi connectivity index (χ0) is 28.0. The van der Waals surface area contributed by atoms with E-state index < -0.39 is 63.5 Å². The Morgan fingerprint density at radius 3 is 2.34 bits per heavy atom. The van der Waals surface area contributed by atoms with Crippen LogP contribution in [-0.4, -0.2) is 55.7 Å². The fourth-order valence-corrected chi connectivity index (χ4v) is 5.65. The van der Waals surface area contributed by atoms with E-state index in [-0.39, 0.29) is 22.7 Å². The molecule has 0 spiro atoms. The minimum atomic E-state index is -4.16. The van der Waals surface area contributed by atoms with Crippen molar-refractivity contribution in [2.75, 3.05) is 10.7 Å². The van der Waals surface area contributed by atoms with Crippen LogP contribution in [0.15, 0.2) is 47.4 Å². The first-order valence-corrected chi connectivity index (χ1v) is 13.7. The first-order valence-electron chi connectivity index (χ1n) is 11.7. The molecule has 1 fully saturated rings. The second kappa shape index (κ2) is 9.81. The van der Waals surface area contributed by atoms with E-state index in [0.29, 0.717) is 10.6 Å². The minimum absolute atomic E-state index is 0.103. The highest BCUT2D eigenvalue weighted by Crippen LogP contribution is 2.42. The van der Waals surface area contributed by atoms with Gasteiger partial charge in [-0.05, 0) is 56.7 Å².